The number of hydrogen-bond acceptors (Lipinski definition) is 2. The van der Waals surface area contributed by atoms with Gasteiger partial charge in [-0.3, -0.25) is 4.40 Å². The average Bonchev–Trinajstić information content (AvgIpc) is 3.79. The molecule has 5 heterocycles. The van der Waals surface area contributed by atoms with E-state index in [0.717, 1.165) is 55.4 Å². The van der Waals surface area contributed by atoms with Crippen LogP contribution in [0.25, 0.3) is 93.5 Å². The van der Waals surface area contributed by atoms with E-state index in [1.165, 1.54) is 38.1 Å². The number of hydrogen-bond donors (Lipinski definition) is 0. The van der Waals surface area contributed by atoms with Crippen molar-refractivity contribution in [2.24, 2.45) is 0 Å². The predicted octanol–water partition coefficient (Wildman–Crippen LogP) is 10.4. The van der Waals surface area contributed by atoms with E-state index in [2.05, 4.69) is 153 Å². The highest BCUT2D eigenvalue weighted by Gasteiger charge is 2.23. The maximum Gasteiger partial charge on any atom is 0.147 e. The number of rotatable bonds is 2. The molecule has 0 amide bonds. The maximum absolute atomic E-state index is 5.19. The minimum atomic E-state index is 0.920. The van der Waals surface area contributed by atoms with Crippen LogP contribution in [0.2, 0.25) is 0 Å². The van der Waals surface area contributed by atoms with Gasteiger partial charge in [0, 0.05) is 49.9 Å². The lowest BCUT2D eigenvalue weighted by Crippen LogP contribution is -1.96. The van der Waals surface area contributed by atoms with Gasteiger partial charge in [0.2, 0.25) is 0 Å². The molecule has 47 heavy (non-hydrogen) atoms. The summed E-state index contributed by atoms with van der Waals surface area (Å²) in [7, 11) is 0. The fourth-order valence-electron chi connectivity index (χ4n) is 7.92. The predicted molar refractivity (Wildman–Crippen MR) is 194 cm³/mol. The third-order valence-electron chi connectivity index (χ3n) is 9.82. The summed E-state index contributed by atoms with van der Waals surface area (Å²) in [4.78, 5) is 10.1. The number of para-hydroxylation sites is 5. The molecule has 5 aromatic heterocycles. The molecule has 218 valence electrons. The van der Waals surface area contributed by atoms with E-state index in [4.69, 9.17) is 9.97 Å². The van der Waals surface area contributed by atoms with Crippen LogP contribution in [0.1, 0.15) is 0 Å². The molecule has 0 fully saturated rings. The van der Waals surface area contributed by atoms with E-state index in [1.807, 2.05) is 12.3 Å². The van der Waals surface area contributed by atoms with Crippen LogP contribution < -0.4 is 0 Å². The number of imidazole rings is 1. The summed E-state index contributed by atoms with van der Waals surface area (Å²) >= 11 is 0. The Morgan fingerprint density at radius 1 is 0.404 bits per heavy atom. The molecule has 5 heteroatoms. The molecule has 11 aromatic rings. The summed E-state index contributed by atoms with van der Waals surface area (Å²) < 4.78 is 7.08. The van der Waals surface area contributed by atoms with E-state index >= 15 is 0 Å². The van der Waals surface area contributed by atoms with Crippen molar-refractivity contribution in [2.45, 2.75) is 0 Å². The second kappa shape index (κ2) is 9.05. The van der Waals surface area contributed by atoms with Crippen molar-refractivity contribution in [2.75, 3.05) is 0 Å². The Labute approximate surface area is 268 Å². The minimum Gasteiger partial charge on any atom is -0.309 e. The van der Waals surface area contributed by atoms with Crippen molar-refractivity contribution in [3.8, 4) is 11.4 Å². The number of pyridine rings is 2. The number of aromatic nitrogens is 5. The fourth-order valence-corrected chi connectivity index (χ4v) is 7.92. The highest BCUT2D eigenvalue weighted by Crippen LogP contribution is 2.44. The number of nitrogens with zero attached hydrogens (tertiary/aromatic N) is 5. The highest BCUT2D eigenvalue weighted by atomic mass is 15.1. The molecule has 0 aliphatic carbocycles. The Morgan fingerprint density at radius 2 is 1.11 bits per heavy atom. The van der Waals surface area contributed by atoms with Crippen LogP contribution in [0.5, 0.6) is 0 Å². The van der Waals surface area contributed by atoms with Crippen molar-refractivity contribution in [3.63, 3.8) is 0 Å². The van der Waals surface area contributed by atoms with Gasteiger partial charge in [-0.05, 0) is 78.2 Å². The molecule has 5 nitrogen and oxygen atoms in total. The largest absolute Gasteiger partial charge is 0.309 e. The summed E-state index contributed by atoms with van der Waals surface area (Å²) in [5, 5.41) is 8.29. The molecular weight excluding hydrogens is 574 g/mol. The standard InChI is InChI=1S/C42H25N5/c1-3-12-26(13-4-1)45-35-19-9-7-16-30(35)39-37(45)22-21-28-32-24-31-29-17-11-23-43-41(29)47-36-20-10-8-18-34(36)44-42(47)33(31)25-38(32)46(40(28)39)27-14-5-2-6-15-27/h1-25H. The van der Waals surface area contributed by atoms with E-state index in [0.29, 0.717) is 0 Å². The van der Waals surface area contributed by atoms with Gasteiger partial charge >= 0.3 is 0 Å². The lowest BCUT2D eigenvalue weighted by Gasteiger charge is -2.11. The summed E-state index contributed by atoms with van der Waals surface area (Å²) in [5.41, 5.74) is 10.9. The highest BCUT2D eigenvalue weighted by molar-refractivity contribution is 6.28. The monoisotopic (exact) mass is 599 g/mol. The molecule has 0 aliphatic heterocycles. The Kier molecular flexibility index (Phi) is 4.78. The van der Waals surface area contributed by atoms with Crippen LogP contribution in [0, 0.1) is 0 Å². The topological polar surface area (TPSA) is 40.1 Å². The van der Waals surface area contributed by atoms with Crippen LogP contribution in [-0.4, -0.2) is 23.5 Å². The molecule has 0 spiro atoms. The van der Waals surface area contributed by atoms with Crippen molar-refractivity contribution >= 4 is 82.1 Å². The van der Waals surface area contributed by atoms with Crippen molar-refractivity contribution < 1.29 is 0 Å². The summed E-state index contributed by atoms with van der Waals surface area (Å²) in [6.07, 6.45) is 1.88. The molecule has 0 unspecified atom stereocenters. The van der Waals surface area contributed by atoms with E-state index in [1.54, 1.807) is 0 Å². The Bertz CT molecular complexity index is 3060. The third-order valence-corrected chi connectivity index (χ3v) is 9.82. The van der Waals surface area contributed by atoms with Gasteiger partial charge in [-0.1, -0.05) is 72.8 Å². The Hall–Kier alpha value is -6.46. The first-order valence-corrected chi connectivity index (χ1v) is 15.9. The molecule has 0 atom stereocenters. The first-order valence-electron chi connectivity index (χ1n) is 15.9. The molecule has 0 N–H and O–H groups in total. The summed E-state index contributed by atoms with van der Waals surface area (Å²) in [5.74, 6) is 0. The minimum absolute atomic E-state index is 0.920. The van der Waals surface area contributed by atoms with Gasteiger partial charge in [-0.25, -0.2) is 9.97 Å². The normalized spacial score (nSPS) is 12.3. The van der Waals surface area contributed by atoms with Gasteiger partial charge in [0.1, 0.15) is 11.3 Å². The molecule has 0 saturated heterocycles. The first kappa shape index (κ1) is 24.8. The molecule has 0 bridgehead atoms. The zero-order valence-electron chi connectivity index (χ0n) is 25.2. The average molecular weight is 600 g/mol. The lowest BCUT2D eigenvalue weighted by atomic mass is 10.0. The van der Waals surface area contributed by atoms with Gasteiger partial charge in [0.25, 0.3) is 0 Å². The van der Waals surface area contributed by atoms with Crippen molar-refractivity contribution in [3.05, 3.63) is 152 Å². The van der Waals surface area contributed by atoms with Crippen molar-refractivity contribution in [1.82, 2.24) is 23.5 Å². The smallest absolute Gasteiger partial charge is 0.147 e. The van der Waals surface area contributed by atoms with Crippen LogP contribution in [0.3, 0.4) is 0 Å². The third kappa shape index (κ3) is 3.22. The summed E-state index contributed by atoms with van der Waals surface area (Å²) in [6, 6.07) is 52.1. The number of fused-ring (bicyclic) bond motifs is 15. The van der Waals surface area contributed by atoms with Crippen LogP contribution in [0.4, 0.5) is 0 Å². The van der Waals surface area contributed by atoms with Gasteiger partial charge < -0.3 is 9.13 Å². The molecule has 0 saturated carbocycles. The maximum atomic E-state index is 5.19. The van der Waals surface area contributed by atoms with Gasteiger partial charge in [0.05, 0.1) is 33.1 Å². The number of benzene rings is 6. The summed E-state index contributed by atoms with van der Waals surface area (Å²) in [6.45, 7) is 0. The van der Waals surface area contributed by atoms with Crippen LogP contribution in [-0.2, 0) is 0 Å². The Balaban J connectivity index is 1.40. The molecule has 11 rings (SSSR count). The van der Waals surface area contributed by atoms with Gasteiger partial charge in [-0.2, -0.15) is 0 Å². The quantitative estimate of drug-likeness (QED) is 0.186. The zero-order chi connectivity index (χ0) is 30.6. The molecular formula is C42H25N5. The van der Waals surface area contributed by atoms with Gasteiger partial charge in [0.15, 0.2) is 0 Å². The lowest BCUT2D eigenvalue weighted by molar-refractivity contribution is 1.17. The second-order valence-corrected chi connectivity index (χ2v) is 12.3. The van der Waals surface area contributed by atoms with Crippen LogP contribution >= 0.6 is 0 Å². The molecule has 6 aromatic carbocycles. The second-order valence-electron chi connectivity index (χ2n) is 12.3. The Morgan fingerprint density at radius 3 is 1.94 bits per heavy atom. The van der Waals surface area contributed by atoms with E-state index < -0.39 is 0 Å². The van der Waals surface area contributed by atoms with E-state index in [-0.39, 0.29) is 0 Å². The van der Waals surface area contributed by atoms with Crippen LogP contribution in [0.15, 0.2) is 152 Å². The molecule has 0 radical (unpaired) electrons. The zero-order valence-corrected chi connectivity index (χ0v) is 25.2. The van der Waals surface area contributed by atoms with Gasteiger partial charge in [-0.15, -0.1) is 0 Å². The fraction of sp³-hybridized carbons (Fsp3) is 0. The SMILES string of the molecule is c1ccc(-n2c3ccccc3c3c2ccc2c4cc5c6cccnc6n6c7ccccc7nc6c5cc4n(-c4ccccc4)c23)cc1. The van der Waals surface area contributed by atoms with E-state index in [9.17, 15) is 0 Å². The first-order chi connectivity index (χ1) is 23.3. The molecule has 0 aliphatic rings. The van der Waals surface area contributed by atoms with Crippen molar-refractivity contribution in [1.29, 1.82) is 0 Å².